The number of carbonyl (C=O) groups is 3. The van der Waals surface area contributed by atoms with E-state index in [0.29, 0.717) is 26.0 Å². The van der Waals surface area contributed by atoms with E-state index >= 15 is 0 Å². The Bertz CT molecular complexity index is 394. The lowest BCUT2D eigenvalue weighted by Crippen LogP contribution is -2.56. The number of amides is 2. The molecule has 7 heteroatoms. The minimum Gasteiger partial charge on any atom is -0.480 e. The van der Waals surface area contributed by atoms with Crippen LogP contribution in [0.15, 0.2) is 0 Å². The molecule has 1 saturated heterocycles. The lowest BCUT2D eigenvalue weighted by atomic mass is 9.98. The van der Waals surface area contributed by atoms with Gasteiger partial charge in [0, 0.05) is 13.1 Å². The number of urea groups is 1. The molecule has 1 rings (SSSR count). The minimum absolute atomic E-state index is 0.264. The molecule has 1 fully saturated rings. The maximum absolute atomic E-state index is 12.0. The Morgan fingerprint density at radius 2 is 2.05 bits per heavy atom. The van der Waals surface area contributed by atoms with E-state index in [0.717, 1.165) is 0 Å². The van der Waals surface area contributed by atoms with Gasteiger partial charge in [-0.3, -0.25) is 4.79 Å². The second kappa shape index (κ2) is 6.58. The summed E-state index contributed by atoms with van der Waals surface area (Å²) in [6.07, 6.45) is 1.38. The van der Waals surface area contributed by atoms with Crippen LogP contribution in [0.1, 0.15) is 33.6 Å². The monoisotopic (exact) mass is 286 g/mol. The van der Waals surface area contributed by atoms with Crippen LogP contribution in [0.2, 0.25) is 0 Å². The molecule has 2 amide bonds. The number of ether oxygens (including phenoxy) is 1. The van der Waals surface area contributed by atoms with Crippen molar-refractivity contribution >= 4 is 18.0 Å². The highest BCUT2D eigenvalue weighted by atomic mass is 16.5. The number of nitrogens with one attached hydrogen (secondary N) is 1. The van der Waals surface area contributed by atoms with E-state index in [4.69, 9.17) is 9.84 Å². The minimum atomic E-state index is -1.34. The summed E-state index contributed by atoms with van der Waals surface area (Å²) in [5, 5.41) is 11.4. The normalized spacial score (nSPS) is 19.4. The van der Waals surface area contributed by atoms with Crippen molar-refractivity contribution < 1.29 is 24.2 Å². The zero-order valence-corrected chi connectivity index (χ0v) is 12.1. The van der Waals surface area contributed by atoms with Gasteiger partial charge in [0.05, 0.1) is 12.5 Å². The standard InChI is InChI=1S/C13H22N2O5/c1-4-20-10(16)9-6-5-7-15(8-9)12(19)14-13(2,3)11(17)18/h9H,4-8H2,1-3H3,(H,14,19)(H,17,18). The molecule has 0 bridgehead atoms. The van der Waals surface area contributed by atoms with E-state index < -0.39 is 17.5 Å². The average Bonchev–Trinajstić information content (AvgIpc) is 2.38. The second-order valence-corrected chi connectivity index (χ2v) is 5.40. The van der Waals surface area contributed by atoms with Crippen LogP contribution in [0, 0.1) is 5.92 Å². The number of aliphatic carboxylic acids is 1. The van der Waals surface area contributed by atoms with E-state index in [1.165, 1.54) is 18.7 Å². The first-order valence-corrected chi connectivity index (χ1v) is 6.75. The third-order valence-corrected chi connectivity index (χ3v) is 3.28. The van der Waals surface area contributed by atoms with E-state index in [1.807, 2.05) is 0 Å². The highest BCUT2D eigenvalue weighted by Crippen LogP contribution is 2.18. The van der Waals surface area contributed by atoms with Crippen LogP contribution in [0.3, 0.4) is 0 Å². The molecule has 20 heavy (non-hydrogen) atoms. The molecule has 1 unspecified atom stereocenters. The number of esters is 1. The molecule has 0 radical (unpaired) electrons. The van der Waals surface area contributed by atoms with Gasteiger partial charge in [0.25, 0.3) is 0 Å². The number of carboxylic acids is 1. The van der Waals surface area contributed by atoms with Gasteiger partial charge in [-0.2, -0.15) is 0 Å². The van der Waals surface area contributed by atoms with Gasteiger partial charge in [0.2, 0.25) is 0 Å². The molecular weight excluding hydrogens is 264 g/mol. The third-order valence-electron chi connectivity index (χ3n) is 3.28. The van der Waals surface area contributed by atoms with E-state index in [1.54, 1.807) is 6.92 Å². The Kier molecular flexibility index (Phi) is 5.35. The molecule has 1 aliphatic rings. The highest BCUT2D eigenvalue weighted by molar-refractivity contribution is 5.85. The zero-order chi connectivity index (χ0) is 15.3. The number of carboxylic acid groups (broad SMARTS) is 1. The van der Waals surface area contributed by atoms with Crippen molar-refractivity contribution in [2.45, 2.75) is 39.2 Å². The van der Waals surface area contributed by atoms with Gasteiger partial charge in [-0.05, 0) is 33.6 Å². The Morgan fingerprint density at radius 3 is 2.60 bits per heavy atom. The molecule has 114 valence electrons. The quantitative estimate of drug-likeness (QED) is 0.746. The van der Waals surface area contributed by atoms with Gasteiger partial charge < -0.3 is 20.1 Å². The maximum Gasteiger partial charge on any atom is 0.328 e. The number of rotatable bonds is 4. The van der Waals surface area contributed by atoms with Gasteiger partial charge in [-0.25, -0.2) is 9.59 Å². The van der Waals surface area contributed by atoms with E-state index in [2.05, 4.69) is 5.32 Å². The van der Waals surface area contributed by atoms with Crippen molar-refractivity contribution in [2.75, 3.05) is 19.7 Å². The van der Waals surface area contributed by atoms with Crippen LogP contribution >= 0.6 is 0 Å². The molecule has 1 heterocycles. The molecular formula is C13H22N2O5. The highest BCUT2D eigenvalue weighted by Gasteiger charge is 2.34. The van der Waals surface area contributed by atoms with Crippen LogP contribution in [-0.2, 0) is 14.3 Å². The van der Waals surface area contributed by atoms with Crippen LogP contribution in [0.5, 0.6) is 0 Å². The summed E-state index contributed by atoms with van der Waals surface area (Å²) in [6, 6.07) is -0.466. The van der Waals surface area contributed by atoms with Crippen molar-refractivity contribution in [3.63, 3.8) is 0 Å². The van der Waals surface area contributed by atoms with Gasteiger partial charge in [0.1, 0.15) is 5.54 Å². The molecule has 0 aromatic carbocycles. The summed E-state index contributed by atoms with van der Waals surface area (Å²) in [5.74, 6) is -1.74. The number of nitrogens with zero attached hydrogens (tertiary/aromatic N) is 1. The maximum atomic E-state index is 12.0. The van der Waals surface area contributed by atoms with Crippen molar-refractivity contribution in [3.8, 4) is 0 Å². The zero-order valence-electron chi connectivity index (χ0n) is 12.1. The van der Waals surface area contributed by atoms with Gasteiger partial charge in [0.15, 0.2) is 0 Å². The summed E-state index contributed by atoms with van der Waals surface area (Å²) in [4.78, 5) is 36.2. The lowest BCUT2D eigenvalue weighted by Gasteiger charge is -2.33. The first kappa shape index (κ1) is 16.3. The number of piperidine rings is 1. The Balaban J connectivity index is 2.61. The van der Waals surface area contributed by atoms with Crippen molar-refractivity contribution in [1.29, 1.82) is 0 Å². The number of hydrogen-bond donors (Lipinski definition) is 2. The van der Waals surface area contributed by atoms with Crippen LogP contribution in [-0.4, -0.2) is 53.2 Å². The number of carbonyl (C=O) groups excluding carboxylic acids is 2. The third kappa shape index (κ3) is 4.11. The molecule has 1 atom stereocenters. The van der Waals surface area contributed by atoms with Crippen molar-refractivity contribution in [3.05, 3.63) is 0 Å². The molecule has 2 N–H and O–H groups in total. The lowest BCUT2D eigenvalue weighted by molar-refractivity contribution is -0.149. The largest absolute Gasteiger partial charge is 0.480 e. The first-order chi connectivity index (χ1) is 9.27. The Labute approximate surface area is 118 Å². The van der Waals surface area contributed by atoms with Crippen LogP contribution in [0.4, 0.5) is 4.79 Å². The summed E-state index contributed by atoms with van der Waals surface area (Å²) in [6.45, 7) is 5.66. The van der Waals surface area contributed by atoms with Crippen molar-refractivity contribution in [2.24, 2.45) is 5.92 Å². The first-order valence-electron chi connectivity index (χ1n) is 6.75. The molecule has 0 aliphatic carbocycles. The molecule has 0 spiro atoms. The molecule has 1 aliphatic heterocycles. The summed E-state index contributed by atoms with van der Waals surface area (Å²) in [5.41, 5.74) is -1.34. The second-order valence-electron chi connectivity index (χ2n) is 5.40. The fourth-order valence-electron chi connectivity index (χ4n) is 2.01. The summed E-state index contributed by atoms with van der Waals surface area (Å²) >= 11 is 0. The Morgan fingerprint density at radius 1 is 1.40 bits per heavy atom. The molecule has 0 aromatic rings. The predicted molar refractivity (Wildman–Crippen MR) is 71.2 cm³/mol. The van der Waals surface area contributed by atoms with Gasteiger partial charge in [-0.1, -0.05) is 0 Å². The van der Waals surface area contributed by atoms with Gasteiger partial charge >= 0.3 is 18.0 Å². The summed E-state index contributed by atoms with van der Waals surface area (Å²) < 4.78 is 4.96. The predicted octanol–water partition coefficient (Wildman–Crippen LogP) is 0.834. The fraction of sp³-hybridized carbons (Fsp3) is 0.769. The van der Waals surface area contributed by atoms with Crippen molar-refractivity contribution in [1.82, 2.24) is 10.2 Å². The van der Waals surface area contributed by atoms with Crippen LogP contribution in [0.25, 0.3) is 0 Å². The smallest absolute Gasteiger partial charge is 0.328 e. The topological polar surface area (TPSA) is 95.9 Å². The number of hydrogen-bond acceptors (Lipinski definition) is 4. The van der Waals surface area contributed by atoms with E-state index in [9.17, 15) is 14.4 Å². The molecule has 0 saturated carbocycles. The fourth-order valence-corrected chi connectivity index (χ4v) is 2.01. The number of likely N-dealkylation sites (tertiary alicyclic amines) is 1. The molecule has 7 nitrogen and oxygen atoms in total. The Hall–Kier alpha value is -1.79. The average molecular weight is 286 g/mol. The molecule has 0 aromatic heterocycles. The van der Waals surface area contributed by atoms with E-state index in [-0.39, 0.29) is 18.4 Å². The summed E-state index contributed by atoms with van der Waals surface area (Å²) in [7, 11) is 0. The van der Waals surface area contributed by atoms with Gasteiger partial charge in [-0.15, -0.1) is 0 Å². The van der Waals surface area contributed by atoms with Crippen LogP contribution < -0.4 is 5.32 Å². The SMILES string of the molecule is CCOC(=O)C1CCCN(C(=O)NC(C)(C)C(=O)O)C1.